The van der Waals surface area contributed by atoms with Crippen LogP contribution in [0.4, 0.5) is 11.6 Å². The van der Waals surface area contributed by atoms with Crippen molar-refractivity contribution in [2.75, 3.05) is 82.2 Å². The number of hydrogen-bond donors (Lipinski definition) is 22. The van der Waals surface area contributed by atoms with Crippen LogP contribution in [0.15, 0.2) is 25.3 Å². The van der Waals surface area contributed by atoms with Gasteiger partial charge in [0.15, 0.2) is 40.5 Å². The number of anilines is 2. The van der Waals surface area contributed by atoms with E-state index in [4.69, 9.17) is 59.5 Å². The number of aliphatic carboxylic acids is 1. The van der Waals surface area contributed by atoms with Gasteiger partial charge in [-0.1, -0.05) is 51.2 Å². The molecule has 6 heterocycles. The van der Waals surface area contributed by atoms with Crippen molar-refractivity contribution in [3.63, 3.8) is 0 Å². The predicted octanol–water partition coefficient (Wildman–Crippen LogP) is -4.46. The second kappa shape index (κ2) is 43.1. The van der Waals surface area contributed by atoms with Crippen LogP contribution < -0.4 is 32.7 Å². The summed E-state index contributed by atoms with van der Waals surface area (Å²) in [5, 5.41) is 85.2. The van der Waals surface area contributed by atoms with E-state index in [2.05, 4.69) is 68.8 Å². The van der Waals surface area contributed by atoms with Crippen molar-refractivity contribution >= 4 is 144 Å². The Labute approximate surface area is 640 Å². The average Bonchev–Trinajstić information content (AvgIpc) is 0.975. The summed E-state index contributed by atoms with van der Waals surface area (Å²) in [7, 11) is -32.8. The molecule has 16 atom stereocenters. The number of imidazole rings is 2. The Morgan fingerprint density at radius 1 is 0.545 bits per heavy atom. The summed E-state index contributed by atoms with van der Waals surface area (Å²) in [6.07, 6.45) is -16.4. The number of carbonyl (C=O) groups is 7. The molecule has 24 N–H and O–H groups in total. The van der Waals surface area contributed by atoms with Gasteiger partial charge < -0.3 is 122 Å². The number of carbonyl (C=O) groups excluding carboxylic acids is 6. The summed E-state index contributed by atoms with van der Waals surface area (Å²) in [4.78, 5) is 183. The molecule has 2 saturated heterocycles. The maximum Gasteiger partial charge on any atom is 0.481 e. The number of phosphoric acid groups is 6. The molecule has 2 aliphatic rings. The number of thioether (sulfide) groups is 2. The van der Waals surface area contributed by atoms with Crippen LogP contribution in [-0.2, 0) is 106 Å². The number of carboxylic acids is 1. The number of rotatable bonds is 42. The van der Waals surface area contributed by atoms with Crippen LogP contribution in [0.3, 0.4) is 0 Å². The predicted molar refractivity (Wildman–Crippen MR) is 377 cm³/mol. The molecule has 0 saturated carbocycles. The van der Waals surface area contributed by atoms with Crippen LogP contribution >= 0.6 is 70.5 Å². The highest BCUT2D eigenvalue weighted by Crippen LogP contribution is 2.63. The van der Waals surface area contributed by atoms with Crippen LogP contribution in [0.25, 0.3) is 22.3 Å². The minimum Gasteiger partial charge on any atom is -0.479 e. The Hall–Kier alpha value is -5.53. The Morgan fingerprint density at radius 2 is 0.902 bits per heavy atom. The molecule has 636 valence electrons. The number of ether oxygens (including phenoxy) is 2. The number of aliphatic hydroxyl groups is 7. The Balaban J connectivity index is 0.000000440. The van der Waals surface area contributed by atoms with Crippen molar-refractivity contribution in [2.24, 2.45) is 10.8 Å². The highest BCUT2D eigenvalue weighted by Gasteiger charge is 2.53. The van der Waals surface area contributed by atoms with E-state index in [1.807, 2.05) is 0 Å². The lowest BCUT2D eigenvalue weighted by Gasteiger charge is -2.30. The third-order valence-corrected chi connectivity index (χ3v) is 22.7. The van der Waals surface area contributed by atoms with Crippen molar-refractivity contribution < 1.29 is 186 Å². The fourth-order valence-corrected chi connectivity index (χ4v) is 15.8. The summed E-state index contributed by atoms with van der Waals surface area (Å²) >= 11 is 1.76. The molecule has 4 aromatic rings. The molecule has 0 spiro atoms. The van der Waals surface area contributed by atoms with Crippen LogP contribution in [0, 0.1) is 10.8 Å². The molecule has 2 fully saturated rings. The SMILES string of the molecule is CC(C)(COP(=O)(O)OP(=O)(O)OC[C@H]1O[C@@H](n2cnc3c(N)ncnc32)[C@H](O)[C@@H]1OP(=O)(O)O)[C@@H](O)C(=O)NCCC(=O)NCCSC(=O)CCO.CC(O)C(=O)O.CC(O)C(=O)SCCNC(=O)CCNC(=O)[C@H](O)C(C)(C)COP(=O)(O)OP(=O)(O)OC[C@H]1O[C@@H](n2cnc3c(N)ncnc32)[C@H](O)[C@@H]1OP(=O)(O)O. The number of aromatic nitrogens is 8. The Morgan fingerprint density at radius 3 is 1.24 bits per heavy atom. The van der Waals surface area contributed by atoms with Crippen LogP contribution in [0.2, 0.25) is 0 Å². The molecule has 0 bridgehead atoms. The fraction of sp³-hybridized carbons (Fsp3) is 0.667. The van der Waals surface area contributed by atoms with Crippen LogP contribution in [0.1, 0.15) is 73.3 Å². The molecule has 6 rings (SSSR count). The van der Waals surface area contributed by atoms with Gasteiger partial charge in [0, 0.05) is 67.8 Å². The molecular weight excluding hydrogens is 1680 g/mol. The number of nitrogens with two attached hydrogens (primary N) is 2. The monoisotopic (exact) mass is 1770 g/mol. The first kappa shape index (κ1) is 98.8. The number of nitrogen functional groups attached to an aromatic ring is 2. The van der Waals surface area contributed by atoms with Gasteiger partial charge >= 0.3 is 52.9 Å². The lowest BCUT2D eigenvalue weighted by molar-refractivity contribution is -0.145. The first-order valence-electron chi connectivity index (χ1n) is 31.9. The maximum atomic E-state index is 12.6. The van der Waals surface area contributed by atoms with Gasteiger partial charge in [0.2, 0.25) is 28.7 Å². The molecule has 4 amide bonds. The van der Waals surface area contributed by atoms with E-state index in [9.17, 15) is 121 Å². The standard InChI is InChI=1S/2C24H40N7O18P3S.C3H6O3/c1-12(32)23(37)53-7-6-26-14(33)4-5-27-21(36)18(35)24(2,3)9-46-52(43,44)49-51(41,42)45-8-13-17(48-50(38,39)40)16(34)22(47-13)31-11-30-15-19(25)28-10-29-20(15)31;1-24(2,19(36)22(37)27-5-3-14(33)26-6-8-53-15(34)4-7-32)10-46-52(43,44)49-51(41,42)45-9-13-18(48-50(38,39)40)17(35)23(47-13)31-12-30-16-20(25)28-11-29-21(16)31;1-2(4)3(5)6/h10-13,16-18,22,32,34-35H,4-9H2,1-3H3,(H,26,33)(H,27,36)(H,41,42)(H,43,44)(H2,25,28,29)(H2,38,39,40);11-13,17-19,23,32,35-36H,3-10H2,1-2H3,(H,26,33)(H,27,37)(H,41,42)(H,43,44)(H2,25,28,29)(H2,38,39,40);2,4H,1H3,(H,5,6)/t12?,13-,16-,17-,18+,22-;13-,17-,18-,19+,23-;/m11./s1. The number of amides is 4. The number of nitrogens with zero attached hydrogens (tertiary/aromatic N) is 8. The van der Waals surface area contributed by atoms with E-state index < -0.39 is 192 Å². The fourth-order valence-electron chi connectivity index (χ4n) is 8.86. The van der Waals surface area contributed by atoms with E-state index in [-0.39, 0.29) is 103 Å². The average molecular weight is 1770 g/mol. The summed E-state index contributed by atoms with van der Waals surface area (Å²) < 4.78 is 124. The molecule has 0 aromatic carbocycles. The Kier molecular flexibility index (Phi) is 38.0. The van der Waals surface area contributed by atoms with Crippen molar-refractivity contribution in [3.05, 3.63) is 25.3 Å². The van der Waals surface area contributed by atoms with Gasteiger partial charge in [-0.2, -0.15) is 8.62 Å². The molecular formula is C51H86N14O39P6S2. The van der Waals surface area contributed by atoms with Gasteiger partial charge in [-0.25, -0.2) is 62.1 Å². The zero-order valence-corrected chi connectivity index (χ0v) is 66.4. The first-order valence-corrected chi connectivity index (χ1v) is 42.9. The van der Waals surface area contributed by atoms with E-state index >= 15 is 0 Å². The van der Waals surface area contributed by atoms with Crippen LogP contribution in [-0.4, -0.2) is 291 Å². The van der Waals surface area contributed by atoms with Crippen molar-refractivity contribution in [3.8, 4) is 0 Å². The van der Waals surface area contributed by atoms with E-state index in [0.29, 0.717) is 0 Å². The quantitative estimate of drug-likeness (QED) is 0.0147. The molecule has 61 heteroatoms. The van der Waals surface area contributed by atoms with E-state index in [1.54, 1.807) is 0 Å². The molecule has 0 radical (unpaired) electrons. The Bertz CT molecular complexity index is 4180. The minimum absolute atomic E-state index is 0.0134. The third kappa shape index (κ3) is 32.5. The van der Waals surface area contributed by atoms with Crippen molar-refractivity contribution in [1.82, 2.24) is 60.3 Å². The summed E-state index contributed by atoms with van der Waals surface area (Å²) in [5.74, 6) is -3.76. The van der Waals surface area contributed by atoms with Gasteiger partial charge in [-0.3, -0.25) is 65.0 Å². The van der Waals surface area contributed by atoms with Crippen molar-refractivity contribution in [2.45, 2.75) is 134 Å². The number of hydrogen-bond acceptors (Lipinski definition) is 40. The second-order valence-electron chi connectivity index (χ2n) is 24.7. The van der Waals surface area contributed by atoms with Crippen molar-refractivity contribution in [1.29, 1.82) is 0 Å². The smallest absolute Gasteiger partial charge is 0.479 e. The largest absolute Gasteiger partial charge is 0.481 e. The highest BCUT2D eigenvalue weighted by atomic mass is 32.2. The molecule has 6 unspecified atom stereocenters. The molecule has 53 nitrogen and oxygen atoms in total. The summed E-state index contributed by atoms with van der Waals surface area (Å²) in [6.45, 7) is 2.90. The lowest BCUT2D eigenvalue weighted by atomic mass is 9.87. The molecule has 2 aliphatic heterocycles. The highest BCUT2D eigenvalue weighted by molar-refractivity contribution is 8.14. The summed E-state index contributed by atoms with van der Waals surface area (Å²) in [6, 6.07) is 0. The normalized spacial score (nSPS) is 22.0. The number of phosphoric ester groups is 6. The number of nitrogens with one attached hydrogen (secondary N) is 4. The summed E-state index contributed by atoms with van der Waals surface area (Å²) in [5.41, 5.74) is 8.46. The minimum atomic E-state index is -5.57. The second-order valence-corrected chi connectivity index (χ2v) is 35.4. The topological polar surface area (TPSA) is 825 Å². The molecule has 112 heavy (non-hydrogen) atoms. The van der Waals surface area contributed by atoms with Gasteiger partial charge in [0.05, 0.1) is 45.7 Å². The maximum absolute atomic E-state index is 12.6. The zero-order valence-electron chi connectivity index (χ0n) is 59.4. The van der Waals surface area contributed by atoms with E-state index in [1.165, 1.54) is 41.5 Å². The number of aliphatic hydroxyl groups excluding tert-OH is 7. The van der Waals surface area contributed by atoms with Gasteiger partial charge in [0.1, 0.15) is 84.7 Å². The van der Waals surface area contributed by atoms with Gasteiger partial charge in [-0.05, 0) is 13.8 Å². The first-order chi connectivity index (χ1) is 51.6. The number of fused-ring (bicyclic) bond motifs is 2. The zero-order chi connectivity index (χ0) is 84.9. The molecule has 0 aliphatic carbocycles. The number of carboxylic acid groups (broad SMARTS) is 1. The van der Waals surface area contributed by atoms with Crippen LogP contribution in [0.5, 0.6) is 0 Å². The van der Waals surface area contributed by atoms with Gasteiger partial charge in [0.25, 0.3) is 0 Å². The third-order valence-electron chi connectivity index (χ3n) is 14.5. The van der Waals surface area contributed by atoms with E-state index in [0.717, 1.165) is 58.0 Å². The van der Waals surface area contributed by atoms with Gasteiger partial charge in [-0.15, -0.1) is 0 Å². The molecule has 4 aromatic heterocycles. The lowest BCUT2D eigenvalue weighted by Crippen LogP contribution is -2.46.